The van der Waals surface area contributed by atoms with E-state index in [9.17, 15) is 0 Å². The summed E-state index contributed by atoms with van der Waals surface area (Å²) in [6.07, 6.45) is 1.09. The van der Waals surface area contributed by atoms with Gasteiger partial charge < -0.3 is 5.32 Å². The third-order valence-electron chi connectivity index (χ3n) is 3.76. The van der Waals surface area contributed by atoms with Crippen LogP contribution in [-0.2, 0) is 19.5 Å². The molecule has 0 aliphatic rings. The molecule has 1 heterocycles. The van der Waals surface area contributed by atoms with Crippen LogP contribution >= 0.6 is 0 Å². The molecule has 0 fully saturated rings. The van der Waals surface area contributed by atoms with Crippen molar-refractivity contribution in [2.75, 3.05) is 0 Å². The molecule has 0 amide bonds. The van der Waals surface area contributed by atoms with Gasteiger partial charge in [-0.15, -0.1) is 0 Å². The fourth-order valence-corrected chi connectivity index (χ4v) is 2.43. The highest BCUT2D eigenvalue weighted by Gasteiger charge is 2.08. The molecule has 1 aromatic carbocycles. The molecule has 0 aliphatic carbocycles. The lowest BCUT2D eigenvalue weighted by atomic mass is 10.0. The van der Waals surface area contributed by atoms with E-state index in [1.54, 1.807) is 0 Å². The average Bonchev–Trinajstić information content (AvgIpc) is 2.85. The van der Waals surface area contributed by atoms with E-state index in [4.69, 9.17) is 0 Å². The normalized spacial score (nSPS) is 12.6. The molecule has 1 aromatic heterocycles. The monoisotopic (exact) mass is 271 g/mol. The lowest BCUT2D eigenvalue weighted by molar-refractivity contribution is 0.531. The lowest BCUT2D eigenvalue weighted by Crippen LogP contribution is -2.20. The summed E-state index contributed by atoms with van der Waals surface area (Å²) in [6, 6.07) is 11.4. The summed E-state index contributed by atoms with van der Waals surface area (Å²) in [5.41, 5.74) is 5.06. The van der Waals surface area contributed by atoms with Gasteiger partial charge in [-0.25, -0.2) is 0 Å². The second kappa shape index (κ2) is 6.71. The van der Waals surface area contributed by atoms with Gasteiger partial charge in [0.25, 0.3) is 0 Å². The van der Waals surface area contributed by atoms with E-state index in [-0.39, 0.29) is 0 Å². The molecule has 20 heavy (non-hydrogen) atoms. The summed E-state index contributed by atoms with van der Waals surface area (Å²) >= 11 is 0. The van der Waals surface area contributed by atoms with Gasteiger partial charge in [-0.2, -0.15) is 5.10 Å². The second-order valence-electron chi connectivity index (χ2n) is 5.29. The first kappa shape index (κ1) is 14.8. The van der Waals surface area contributed by atoms with Crippen LogP contribution in [0.1, 0.15) is 49.3 Å². The van der Waals surface area contributed by atoms with E-state index in [1.165, 1.54) is 16.8 Å². The van der Waals surface area contributed by atoms with Gasteiger partial charge in [0.2, 0.25) is 0 Å². The zero-order valence-electron chi connectivity index (χ0n) is 13.0. The first-order chi connectivity index (χ1) is 9.63. The molecular formula is C17H25N3. The summed E-state index contributed by atoms with van der Waals surface area (Å²) in [5.74, 6) is 0. The maximum atomic E-state index is 4.48. The Kier molecular flexibility index (Phi) is 4.96. The van der Waals surface area contributed by atoms with Gasteiger partial charge in [0, 0.05) is 19.1 Å². The molecular weight excluding hydrogens is 246 g/mol. The van der Waals surface area contributed by atoms with Gasteiger partial charge in [0.1, 0.15) is 0 Å². The SMILES string of the molecule is CCc1ccc(C(C)NCc2cc(C)nn2CC)cc1. The first-order valence-electron chi connectivity index (χ1n) is 7.49. The molecule has 0 spiro atoms. The third-order valence-corrected chi connectivity index (χ3v) is 3.76. The molecule has 3 nitrogen and oxygen atoms in total. The Morgan fingerprint density at radius 1 is 1.20 bits per heavy atom. The number of nitrogens with one attached hydrogen (secondary N) is 1. The molecule has 3 heteroatoms. The molecule has 0 saturated heterocycles. The molecule has 2 aromatic rings. The minimum atomic E-state index is 0.349. The number of aryl methyl sites for hydroxylation is 3. The standard InChI is InChI=1S/C17H25N3/c1-5-15-7-9-16(10-8-15)14(4)18-12-17-11-13(3)19-20(17)6-2/h7-11,14,18H,5-6,12H2,1-4H3. The Hall–Kier alpha value is -1.61. The maximum absolute atomic E-state index is 4.48. The number of aromatic nitrogens is 2. The molecule has 2 rings (SSSR count). The summed E-state index contributed by atoms with van der Waals surface area (Å²) in [6.45, 7) is 10.3. The van der Waals surface area contributed by atoms with Crippen LogP contribution in [-0.4, -0.2) is 9.78 Å². The molecule has 0 bridgehead atoms. The van der Waals surface area contributed by atoms with E-state index in [2.05, 4.69) is 66.2 Å². The number of rotatable bonds is 6. The largest absolute Gasteiger partial charge is 0.305 e. The van der Waals surface area contributed by atoms with Crippen molar-refractivity contribution in [2.24, 2.45) is 0 Å². The Balaban J connectivity index is 1.98. The number of hydrogen-bond acceptors (Lipinski definition) is 2. The van der Waals surface area contributed by atoms with E-state index >= 15 is 0 Å². The van der Waals surface area contributed by atoms with Crippen LogP contribution in [0.3, 0.4) is 0 Å². The highest BCUT2D eigenvalue weighted by molar-refractivity contribution is 5.24. The quantitative estimate of drug-likeness (QED) is 0.869. The number of benzene rings is 1. The van der Waals surface area contributed by atoms with Crippen molar-refractivity contribution < 1.29 is 0 Å². The highest BCUT2D eigenvalue weighted by Crippen LogP contribution is 2.15. The van der Waals surface area contributed by atoms with Gasteiger partial charge in [0.05, 0.1) is 11.4 Å². The van der Waals surface area contributed by atoms with Crippen molar-refractivity contribution in [3.05, 3.63) is 52.8 Å². The first-order valence-corrected chi connectivity index (χ1v) is 7.49. The Bertz CT molecular complexity index is 540. The fraction of sp³-hybridized carbons (Fsp3) is 0.471. The van der Waals surface area contributed by atoms with E-state index in [0.29, 0.717) is 6.04 Å². The molecule has 1 unspecified atom stereocenters. The van der Waals surface area contributed by atoms with E-state index < -0.39 is 0 Å². The minimum Gasteiger partial charge on any atom is -0.305 e. The number of hydrogen-bond donors (Lipinski definition) is 1. The predicted molar refractivity (Wildman–Crippen MR) is 83.7 cm³/mol. The van der Waals surface area contributed by atoms with E-state index in [0.717, 1.165) is 25.2 Å². The van der Waals surface area contributed by atoms with Crippen molar-refractivity contribution in [1.29, 1.82) is 0 Å². The van der Waals surface area contributed by atoms with Gasteiger partial charge >= 0.3 is 0 Å². The van der Waals surface area contributed by atoms with Crippen LogP contribution in [0, 0.1) is 6.92 Å². The van der Waals surface area contributed by atoms with Crippen LogP contribution in [0.4, 0.5) is 0 Å². The van der Waals surface area contributed by atoms with Crippen molar-refractivity contribution in [2.45, 2.75) is 53.2 Å². The van der Waals surface area contributed by atoms with Gasteiger partial charge in [-0.1, -0.05) is 31.2 Å². The minimum absolute atomic E-state index is 0.349. The summed E-state index contributed by atoms with van der Waals surface area (Å²) < 4.78 is 2.06. The molecule has 0 radical (unpaired) electrons. The summed E-state index contributed by atoms with van der Waals surface area (Å²) in [5, 5.41) is 8.06. The van der Waals surface area contributed by atoms with Crippen molar-refractivity contribution in [3.8, 4) is 0 Å². The zero-order chi connectivity index (χ0) is 14.5. The lowest BCUT2D eigenvalue weighted by Gasteiger charge is -2.15. The molecule has 1 N–H and O–H groups in total. The fourth-order valence-electron chi connectivity index (χ4n) is 2.43. The molecule has 0 aliphatic heterocycles. The molecule has 0 saturated carbocycles. The van der Waals surface area contributed by atoms with Gasteiger partial charge in [-0.3, -0.25) is 4.68 Å². The highest BCUT2D eigenvalue weighted by atomic mass is 15.3. The van der Waals surface area contributed by atoms with Gasteiger partial charge in [-0.05, 0) is 44.4 Å². The summed E-state index contributed by atoms with van der Waals surface area (Å²) in [7, 11) is 0. The van der Waals surface area contributed by atoms with Crippen LogP contribution in [0.2, 0.25) is 0 Å². The zero-order valence-corrected chi connectivity index (χ0v) is 13.0. The van der Waals surface area contributed by atoms with E-state index in [1.807, 2.05) is 6.92 Å². The predicted octanol–water partition coefficient (Wildman–Crippen LogP) is 3.62. The smallest absolute Gasteiger partial charge is 0.0597 e. The molecule has 108 valence electrons. The van der Waals surface area contributed by atoms with Crippen LogP contribution < -0.4 is 5.32 Å². The van der Waals surface area contributed by atoms with Crippen LogP contribution in [0.5, 0.6) is 0 Å². The molecule has 1 atom stereocenters. The Labute approximate surface area is 122 Å². The maximum Gasteiger partial charge on any atom is 0.0597 e. The Morgan fingerprint density at radius 2 is 1.90 bits per heavy atom. The van der Waals surface area contributed by atoms with Gasteiger partial charge in [0.15, 0.2) is 0 Å². The van der Waals surface area contributed by atoms with Crippen LogP contribution in [0.25, 0.3) is 0 Å². The topological polar surface area (TPSA) is 29.9 Å². The van der Waals surface area contributed by atoms with Crippen molar-refractivity contribution >= 4 is 0 Å². The number of nitrogens with zero attached hydrogens (tertiary/aromatic N) is 2. The second-order valence-corrected chi connectivity index (χ2v) is 5.29. The average molecular weight is 271 g/mol. The Morgan fingerprint density at radius 3 is 2.50 bits per heavy atom. The van der Waals surface area contributed by atoms with Crippen molar-refractivity contribution in [1.82, 2.24) is 15.1 Å². The van der Waals surface area contributed by atoms with Crippen LogP contribution in [0.15, 0.2) is 30.3 Å². The third kappa shape index (κ3) is 3.48. The summed E-state index contributed by atoms with van der Waals surface area (Å²) in [4.78, 5) is 0. The van der Waals surface area contributed by atoms with Crippen molar-refractivity contribution in [3.63, 3.8) is 0 Å².